The summed E-state index contributed by atoms with van der Waals surface area (Å²) in [5.41, 5.74) is 6.36. The number of nitrogens with one attached hydrogen (secondary N) is 1. The second kappa shape index (κ2) is 15.0. The number of nitrogens with zero attached hydrogens (tertiary/aromatic N) is 2. The fraction of sp³-hybridized carbons (Fsp3) is 0.250. The van der Waals surface area contributed by atoms with Gasteiger partial charge in [0.1, 0.15) is 41.2 Å². The molecule has 0 bridgehead atoms. The molecule has 50 heavy (non-hydrogen) atoms. The largest absolute Gasteiger partial charge is 0.460 e. The predicted octanol–water partition coefficient (Wildman–Crippen LogP) is 6.62. The molecule has 12 nitrogen and oxygen atoms in total. The Morgan fingerprint density at radius 2 is 1.70 bits per heavy atom. The van der Waals surface area contributed by atoms with E-state index in [0.717, 1.165) is 12.1 Å². The molecule has 3 amide bonds. The fourth-order valence-corrected chi connectivity index (χ4v) is 5.12. The second-order valence-corrected chi connectivity index (χ2v) is 12.3. The number of aromatic nitrogens is 1. The average molecular weight is 689 g/mol. The number of amides is 3. The number of anilines is 1. The Balaban J connectivity index is 1.29. The fourth-order valence-electron chi connectivity index (χ4n) is 5.12. The highest BCUT2D eigenvalue weighted by atomic mass is 19.2. The number of hydrogen-bond acceptors (Lipinski definition) is 9. The van der Waals surface area contributed by atoms with Crippen molar-refractivity contribution >= 4 is 29.6 Å². The Bertz CT molecular complexity index is 1900. The standard InChI is InChI=1S/C36H34F2N4O8/c1-36(2,3)50-30(43)15-14-29(33(39)44)42-19-21-6-7-22(32(31(21)34(42)45)49-26-5-4-16-40-18-26)20-47-35(46)41-23-8-10-24(11-9-23)48-25-12-13-27(37)28(38)17-25/h4-13,16-18,29H,14-15,19-20H2,1-3H3,(H2,39,44)(H,41,46). The number of carbonyl (C=O) groups excluding carboxylic acids is 4. The molecule has 2 heterocycles. The number of benzene rings is 3. The molecule has 1 aliphatic rings. The van der Waals surface area contributed by atoms with Crippen molar-refractivity contribution in [3.05, 3.63) is 107 Å². The Hall–Kier alpha value is -6.05. The van der Waals surface area contributed by atoms with Crippen LogP contribution < -0.4 is 20.5 Å². The zero-order valence-corrected chi connectivity index (χ0v) is 27.4. The van der Waals surface area contributed by atoms with E-state index in [1.54, 1.807) is 51.2 Å². The molecule has 3 N–H and O–H groups in total. The summed E-state index contributed by atoms with van der Waals surface area (Å²) in [6.45, 7) is 4.89. The van der Waals surface area contributed by atoms with Crippen molar-refractivity contribution in [2.45, 2.75) is 58.4 Å². The Labute approximate surface area is 286 Å². The third kappa shape index (κ3) is 8.89. The number of esters is 1. The molecule has 0 spiro atoms. The molecule has 1 aliphatic heterocycles. The van der Waals surface area contributed by atoms with Crippen LogP contribution in [0.25, 0.3) is 0 Å². The third-order valence-electron chi connectivity index (χ3n) is 7.33. The lowest BCUT2D eigenvalue weighted by Gasteiger charge is -2.26. The van der Waals surface area contributed by atoms with Crippen molar-refractivity contribution in [1.82, 2.24) is 9.88 Å². The molecule has 0 saturated heterocycles. The van der Waals surface area contributed by atoms with Gasteiger partial charge in [-0.3, -0.25) is 24.7 Å². The minimum absolute atomic E-state index is 0.0247. The van der Waals surface area contributed by atoms with Crippen LogP contribution in [0.15, 0.2) is 79.1 Å². The van der Waals surface area contributed by atoms with E-state index in [1.807, 2.05) is 0 Å². The van der Waals surface area contributed by atoms with E-state index in [1.165, 1.54) is 41.4 Å². The van der Waals surface area contributed by atoms with Gasteiger partial charge in [0.2, 0.25) is 5.91 Å². The summed E-state index contributed by atoms with van der Waals surface area (Å²) in [4.78, 5) is 56.9. The number of carbonyl (C=O) groups is 4. The zero-order valence-electron chi connectivity index (χ0n) is 27.4. The van der Waals surface area contributed by atoms with Gasteiger partial charge in [0, 0.05) is 36.5 Å². The first-order valence-corrected chi connectivity index (χ1v) is 15.5. The smallest absolute Gasteiger partial charge is 0.411 e. The first-order valence-electron chi connectivity index (χ1n) is 15.5. The van der Waals surface area contributed by atoms with Gasteiger partial charge in [0.25, 0.3) is 5.91 Å². The molecule has 0 radical (unpaired) electrons. The van der Waals surface area contributed by atoms with Crippen LogP contribution in [0.2, 0.25) is 0 Å². The van der Waals surface area contributed by atoms with Crippen molar-refractivity contribution in [3.63, 3.8) is 0 Å². The van der Waals surface area contributed by atoms with Crippen LogP contribution in [-0.4, -0.2) is 45.4 Å². The topological polar surface area (TPSA) is 159 Å². The molecule has 0 saturated carbocycles. The maximum Gasteiger partial charge on any atom is 0.411 e. The van der Waals surface area contributed by atoms with Gasteiger partial charge < -0.3 is 29.6 Å². The summed E-state index contributed by atoms with van der Waals surface area (Å²) < 4.78 is 49.1. The van der Waals surface area contributed by atoms with Crippen LogP contribution >= 0.6 is 0 Å². The van der Waals surface area contributed by atoms with Crippen molar-refractivity contribution in [2.24, 2.45) is 5.73 Å². The number of pyridine rings is 1. The lowest BCUT2D eigenvalue weighted by atomic mass is 10.0. The Kier molecular flexibility index (Phi) is 10.6. The number of rotatable bonds is 12. The van der Waals surface area contributed by atoms with Crippen molar-refractivity contribution in [2.75, 3.05) is 5.32 Å². The summed E-state index contributed by atoms with van der Waals surface area (Å²) in [5, 5.41) is 2.58. The summed E-state index contributed by atoms with van der Waals surface area (Å²) in [7, 11) is 0. The monoisotopic (exact) mass is 688 g/mol. The summed E-state index contributed by atoms with van der Waals surface area (Å²) in [6.07, 6.45) is 1.99. The summed E-state index contributed by atoms with van der Waals surface area (Å²) >= 11 is 0. The van der Waals surface area contributed by atoms with Crippen LogP contribution in [-0.2, 0) is 32.2 Å². The highest BCUT2D eigenvalue weighted by Gasteiger charge is 2.39. The van der Waals surface area contributed by atoms with E-state index in [2.05, 4.69) is 10.3 Å². The van der Waals surface area contributed by atoms with Gasteiger partial charge in [0.15, 0.2) is 11.6 Å². The molecule has 5 rings (SSSR count). The van der Waals surface area contributed by atoms with Crippen LogP contribution in [0.1, 0.15) is 55.1 Å². The zero-order chi connectivity index (χ0) is 36.0. The molecule has 0 aliphatic carbocycles. The number of primary amides is 1. The summed E-state index contributed by atoms with van der Waals surface area (Å²) in [5.74, 6) is -3.10. The minimum atomic E-state index is -1.10. The van der Waals surface area contributed by atoms with Crippen LogP contribution in [0.3, 0.4) is 0 Å². The minimum Gasteiger partial charge on any atom is -0.460 e. The number of nitrogens with two attached hydrogens (primary N) is 1. The van der Waals surface area contributed by atoms with Gasteiger partial charge in [-0.15, -0.1) is 0 Å². The van der Waals surface area contributed by atoms with Crippen molar-refractivity contribution in [1.29, 1.82) is 0 Å². The van der Waals surface area contributed by atoms with Gasteiger partial charge in [0.05, 0.1) is 11.8 Å². The molecular formula is C36H34F2N4O8. The SMILES string of the molecule is CC(C)(C)OC(=O)CCC(C(N)=O)N1Cc2ccc(COC(=O)Nc3ccc(Oc4ccc(F)c(F)c4)cc3)c(Oc3cccnc3)c2C1=O. The molecule has 260 valence electrons. The molecule has 14 heteroatoms. The maximum atomic E-state index is 13.9. The normalized spacial score (nSPS) is 12.9. The van der Waals surface area contributed by atoms with E-state index in [9.17, 15) is 28.0 Å². The van der Waals surface area contributed by atoms with Crippen molar-refractivity contribution in [3.8, 4) is 23.0 Å². The number of ether oxygens (including phenoxy) is 4. The molecule has 0 fully saturated rings. The Morgan fingerprint density at radius 1 is 0.960 bits per heavy atom. The van der Waals surface area contributed by atoms with E-state index in [-0.39, 0.29) is 43.1 Å². The number of halogens is 2. The lowest BCUT2D eigenvalue weighted by molar-refractivity contribution is -0.155. The van der Waals surface area contributed by atoms with Gasteiger partial charge in [-0.2, -0.15) is 0 Å². The van der Waals surface area contributed by atoms with E-state index < -0.39 is 47.2 Å². The van der Waals surface area contributed by atoms with Crippen LogP contribution in [0.4, 0.5) is 19.3 Å². The molecular weight excluding hydrogens is 654 g/mol. The van der Waals surface area contributed by atoms with Gasteiger partial charge >= 0.3 is 12.1 Å². The highest BCUT2D eigenvalue weighted by molar-refractivity contribution is 6.03. The predicted molar refractivity (Wildman–Crippen MR) is 175 cm³/mol. The average Bonchev–Trinajstić information content (AvgIpc) is 3.38. The molecule has 1 atom stereocenters. The van der Waals surface area contributed by atoms with Gasteiger partial charge in [-0.1, -0.05) is 12.1 Å². The first-order chi connectivity index (χ1) is 23.8. The van der Waals surface area contributed by atoms with Crippen LogP contribution in [0.5, 0.6) is 23.0 Å². The lowest BCUT2D eigenvalue weighted by Crippen LogP contribution is -2.45. The van der Waals surface area contributed by atoms with Gasteiger partial charge in [-0.05, 0) is 81.3 Å². The molecule has 1 unspecified atom stereocenters. The third-order valence-corrected chi connectivity index (χ3v) is 7.33. The van der Waals surface area contributed by atoms with Crippen molar-refractivity contribution < 1.29 is 46.9 Å². The van der Waals surface area contributed by atoms with E-state index in [0.29, 0.717) is 28.3 Å². The molecule has 4 aromatic rings. The van der Waals surface area contributed by atoms with E-state index >= 15 is 0 Å². The summed E-state index contributed by atoms with van der Waals surface area (Å²) in [6, 6.07) is 14.7. The van der Waals surface area contributed by atoms with Gasteiger partial charge in [-0.25, -0.2) is 13.6 Å². The molecule has 1 aromatic heterocycles. The second-order valence-electron chi connectivity index (χ2n) is 12.3. The maximum absolute atomic E-state index is 13.9. The Morgan fingerprint density at radius 3 is 2.36 bits per heavy atom. The quantitative estimate of drug-likeness (QED) is 0.156. The highest BCUT2D eigenvalue weighted by Crippen LogP contribution is 2.38. The van der Waals surface area contributed by atoms with Crippen LogP contribution in [0, 0.1) is 11.6 Å². The molecule has 3 aromatic carbocycles. The number of fused-ring (bicyclic) bond motifs is 1. The first kappa shape index (κ1) is 35.3. The van der Waals surface area contributed by atoms with E-state index in [4.69, 9.17) is 24.7 Å². The number of hydrogen-bond donors (Lipinski definition) is 2.